The van der Waals surface area contributed by atoms with Crippen LogP contribution in [-0.2, 0) is 0 Å². The molecule has 0 N–H and O–H groups in total. The van der Waals surface area contributed by atoms with Crippen LogP contribution in [0.4, 0.5) is 0 Å². The Kier molecular flexibility index (Phi) is 5.57. The highest BCUT2D eigenvalue weighted by Gasteiger charge is 2.21. The lowest BCUT2D eigenvalue weighted by molar-refractivity contribution is 1.11. The van der Waals surface area contributed by atoms with Crippen molar-refractivity contribution in [3.05, 3.63) is 170 Å². The van der Waals surface area contributed by atoms with Gasteiger partial charge >= 0.3 is 0 Å². The smallest absolute Gasteiger partial charge is 0.220 e. The molecule has 0 aliphatic heterocycles. The molecule has 0 atom stereocenters. The molecule has 0 aliphatic carbocycles. The van der Waals surface area contributed by atoms with E-state index in [1.807, 2.05) is 6.07 Å². The summed E-state index contributed by atoms with van der Waals surface area (Å²) >= 11 is 0. The first-order valence-corrected chi connectivity index (χ1v) is 16.9. The highest BCUT2D eigenvalue weighted by atomic mass is 15.2. The lowest BCUT2D eigenvalue weighted by atomic mass is 10.0. The van der Waals surface area contributed by atoms with Gasteiger partial charge < -0.3 is 0 Å². The zero-order valence-electron chi connectivity index (χ0n) is 26.8. The Morgan fingerprint density at radius 2 is 0.900 bits per heavy atom. The molecule has 7 aromatic carbocycles. The summed E-state index contributed by atoms with van der Waals surface area (Å²) in [5.41, 5.74) is 15.3. The van der Waals surface area contributed by atoms with E-state index in [0.29, 0.717) is 0 Å². The fraction of sp³-hybridized carbons (Fsp3) is 0. The highest BCUT2D eigenvalue weighted by molar-refractivity contribution is 6.01. The van der Waals surface area contributed by atoms with E-state index >= 15 is 0 Å². The summed E-state index contributed by atoms with van der Waals surface area (Å²) in [6.07, 6.45) is 0. The SMILES string of the molecule is c1ccc(-c2ccc(-n3c4ccccc4n4c5cccc(-c6ccc7c(c6)n6c8ccccc8nc6n7-c6ccccc6)c5nc34)cc2)cc1. The van der Waals surface area contributed by atoms with Crippen LogP contribution in [0.15, 0.2) is 170 Å². The Balaban J connectivity index is 1.15. The van der Waals surface area contributed by atoms with Gasteiger partial charge in [-0.3, -0.25) is 17.9 Å². The van der Waals surface area contributed by atoms with Crippen molar-refractivity contribution in [2.24, 2.45) is 0 Å². The summed E-state index contributed by atoms with van der Waals surface area (Å²) < 4.78 is 9.11. The fourth-order valence-corrected chi connectivity index (χ4v) is 7.74. The van der Waals surface area contributed by atoms with Crippen molar-refractivity contribution >= 4 is 55.7 Å². The Bertz CT molecular complexity index is 3070. The molecule has 0 saturated carbocycles. The first-order valence-electron chi connectivity index (χ1n) is 16.9. The van der Waals surface area contributed by atoms with Gasteiger partial charge in [0.2, 0.25) is 11.6 Å². The van der Waals surface area contributed by atoms with E-state index in [1.54, 1.807) is 0 Å². The van der Waals surface area contributed by atoms with Gasteiger partial charge in [-0.05, 0) is 83.4 Å². The maximum absolute atomic E-state index is 5.42. The molecule has 11 rings (SSSR count). The molecule has 0 spiro atoms. The van der Waals surface area contributed by atoms with Crippen molar-refractivity contribution in [2.45, 2.75) is 0 Å². The molecular formula is C44H28N6. The number of para-hydroxylation sites is 6. The molecule has 0 amide bonds. The number of imidazole rings is 4. The standard InChI is InChI=1S/C44H28N6/c1-3-12-29(13-4-1)30-22-25-33(26-23-30)48-37-19-9-10-20-38(37)50-40-21-11-16-34(42(40)46-44(48)50)31-24-27-39-41(28-31)49-36-18-8-7-17-35(36)45-43(49)47(39)32-14-5-2-6-15-32/h1-28H. The molecule has 0 radical (unpaired) electrons. The third-order valence-electron chi connectivity index (χ3n) is 9.99. The lowest BCUT2D eigenvalue weighted by Gasteiger charge is -2.08. The molecule has 0 fully saturated rings. The van der Waals surface area contributed by atoms with Crippen molar-refractivity contribution in [3.63, 3.8) is 0 Å². The zero-order chi connectivity index (χ0) is 32.8. The maximum atomic E-state index is 5.42. The Hall–Kier alpha value is -6.92. The minimum Gasteiger partial charge on any atom is -0.278 e. The summed E-state index contributed by atoms with van der Waals surface area (Å²) in [6, 6.07) is 59.9. The van der Waals surface area contributed by atoms with Gasteiger partial charge in [-0.2, -0.15) is 0 Å². The largest absolute Gasteiger partial charge is 0.278 e. The number of hydrogen-bond acceptors (Lipinski definition) is 2. The lowest BCUT2D eigenvalue weighted by Crippen LogP contribution is -1.95. The average molecular weight is 641 g/mol. The van der Waals surface area contributed by atoms with Gasteiger partial charge in [0.25, 0.3) is 0 Å². The van der Waals surface area contributed by atoms with Gasteiger partial charge in [-0.15, -0.1) is 0 Å². The molecule has 4 heterocycles. The van der Waals surface area contributed by atoms with Crippen molar-refractivity contribution in [2.75, 3.05) is 0 Å². The minimum atomic E-state index is 0.889. The van der Waals surface area contributed by atoms with Crippen LogP contribution in [-0.4, -0.2) is 27.9 Å². The Labute approximate surface area is 286 Å². The molecule has 234 valence electrons. The van der Waals surface area contributed by atoms with E-state index in [2.05, 4.69) is 182 Å². The van der Waals surface area contributed by atoms with E-state index in [9.17, 15) is 0 Å². The summed E-state index contributed by atoms with van der Waals surface area (Å²) in [5, 5.41) is 0. The maximum Gasteiger partial charge on any atom is 0.220 e. The number of aromatic nitrogens is 6. The predicted octanol–water partition coefficient (Wildman–Crippen LogP) is 10.5. The minimum absolute atomic E-state index is 0.889. The van der Waals surface area contributed by atoms with Crippen molar-refractivity contribution in [1.82, 2.24) is 27.9 Å². The van der Waals surface area contributed by atoms with Gasteiger partial charge in [0.05, 0.1) is 44.1 Å². The third kappa shape index (κ3) is 3.78. The quantitative estimate of drug-likeness (QED) is 0.192. The summed E-state index contributed by atoms with van der Waals surface area (Å²) in [7, 11) is 0. The van der Waals surface area contributed by atoms with Crippen LogP contribution in [0.2, 0.25) is 0 Å². The second-order valence-electron chi connectivity index (χ2n) is 12.8. The molecule has 11 aromatic rings. The molecule has 4 aromatic heterocycles. The van der Waals surface area contributed by atoms with E-state index in [4.69, 9.17) is 9.97 Å². The third-order valence-corrected chi connectivity index (χ3v) is 9.99. The monoisotopic (exact) mass is 640 g/mol. The van der Waals surface area contributed by atoms with Crippen LogP contribution >= 0.6 is 0 Å². The second-order valence-corrected chi connectivity index (χ2v) is 12.8. The van der Waals surface area contributed by atoms with Gasteiger partial charge in [0.15, 0.2) is 0 Å². The number of hydrogen-bond donors (Lipinski definition) is 0. The Morgan fingerprint density at radius 1 is 0.340 bits per heavy atom. The van der Waals surface area contributed by atoms with Crippen molar-refractivity contribution in [1.29, 1.82) is 0 Å². The molecule has 0 unspecified atom stereocenters. The fourth-order valence-electron chi connectivity index (χ4n) is 7.74. The van der Waals surface area contributed by atoms with E-state index < -0.39 is 0 Å². The molecule has 6 nitrogen and oxygen atoms in total. The molecule has 50 heavy (non-hydrogen) atoms. The highest BCUT2D eigenvalue weighted by Crippen LogP contribution is 2.37. The Morgan fingerprint density at radius 3 is 1.70 bits per heavy atom. The van der Waals surface area contributed by atoms with Gasteiger partial charge in [0.1, 0.15) is 0 Å². The summed E-state index contributed by atoms with van der Waals surface area (Å²) in [6.45, 7) is 0. The first-order chi connectivity index (χ1) is 24.8. The topological polar surface area (TPSA) is 44.5 Å². The van der Waals surface area contributed by atoms with Crippen LogP contribution in [0.25, 0.3) is 89.3 Å². The van der Waals surface area contributed by atoms with E-state index in [0.717, 1.165) is 78.2 Å². The van der Waals surface area contributed by atoms with Crippen LogP contribution in [0.3, 0.4) is 0 Å². The average Bonchev–Trinajstić information content (AvgIpc) is 3.92. The summed E-state index contributed by atoms with van der Waals surface area (Å²) in [4.78, 5) is 10.5. The first kappa shape index (κ1) is 27.1. The number of benzene rings is 7. The number of nitrogens with zero attached hydrogens (tertiary/aromatic N) is 6. The van der Waals surface area contributed by atoms with Crippen molar-refractivity contribution < 1.29 is 0 Å². The number of fused-ring (bicyclic) bond motifs is 10. The molecule has 0 saturated heterocycles. The van der Waals surface area contributed by atoms with Crippen LogP contribution in [0.5, 0.6) is 0 Å². The molecule has 0 aliphatic rings. The molecule has 6 heteroatoms. The van der Waals surface area contributed by atoms with E-state index in [-0.39, 0.29) is 0 Å². The molecule has 0 bridgehead atoms. The normalized spacial score (nSPS) is 12.0. The second kappa shape index (κ2) is 10.3. The number of rotatable bonds is 4. The summed E-state index contributed by atoms with van der Waals surface area (Å²) in [5.74, 6) is 1.79. The van der Waals surface area contributed by atoms with Gasteiger partial charge in [-0.1, -0.05) is 103 Å². The van der Waals surface area contributed by atoms with Gasteiger partial charge in [-0.25, -0.2) is 9.97 Å². The van der Waals surface area contributed by atoms with E-state index in [1.165, 1.54) is 11.1 Å². The van der Waals surface area contributed by atoms with Crippen LogP contribution in [0, 0.1) is 0 Å². The van der Waals surface area contributed by atoms with Crippen LogP contribution in [0.1, 0.15) is 0 Å². The zero-order valence-corrected chi connectivity index (χ0v) is 26.8. The molecular weight excluding hydrogens is 613 g/mol. The van der Waals surface area contributed by atoms with Crippen molar-refractivity contribution in [3.8, 4) is 33.6 Å². The predicted molar refractivity (Wildman–Crippen MR) is 203 cm³/mol. The van der Waals surface area contributed by atoms with Crippen LogP contribution < -0.4 is 0 Å². The van der Waals surface area contributed by atoms with Gasteiger partial charge in [0, 0.05) is 16.9 Å².